The normalized spacial score (nSPS) is 11.0. The highest BCUT2D eigenvalue weighted by Crippen LogP contribution is 2.23. The van der Waals surface area contributed by atoms with Gasteiger partial charge >= 0.3 is 5.69 Å². The third-order valence-electron chi connectivity index (χ3n) is 5.36. The molecular weight excluding hydrogens is 422 g/mol. The largest absolute Gasteiger partial charge is 0.328 e. The minimum absolute atomic E-state index is 0.00923. The number of aromatic nitrogens is 2. The van der Waals surface area contributed by atoms with E-state index in [-0.39, 0.29) is 23.1 Å². The Morgan fingerprint density at radius 1 is 0.875 bits per heavy atom. The fourth-order valence-corrected chi connectivity index (χ4v) is 4.33. The fraction of sp³-hybridized carbons (Fsp3) is 0.160. The molecule has 4 rings (SSSR count). The van der Waals surface area contributed by atoms with Crippen molar-refractivity contribution in [3.63, 3.8) is 0 Å². The van der Waals surface area contributed by atoms with Gasteiger partial charge in [-0.1, -0.05) is 17.7 Å². The number of aryl methyl sites for hydroxylation is 3. The average Bonchev–Trinajstić information content (AvgIpc) is 3.02. The molecule has 0 aliphatic rings. The Labute approximate surface area is 189 Å². The Morgan fingerprint density at radius 3 is 2.31 bits per heavy atom. The van der Waals surface area contributed by atoms with Crippen molar-refractivity contribution in [2.45, 2.75) is 11.8 Å². The van der Waals surface area contributed by atoms with Gasteiger partial charge in [-0.2, -0.15) is 0 Å². The van der Waals surface area contributed by atoms with Crippen LogP contribution in [0.5, 0.6) is 0 Å². The molecule has 0 fully saturated rings. The second kappa shape index (κ2) is 8.88. The third-order valence-corrected chi connectivity index (χ3v) is 6.37. The maximum absolute atomic E-state index is 12.7. The van der Waals surface area contributed by atoms with E-state index in [4.69, 9.17) is 0 Å². The summed E-state index contributed by atoms with van der Waals surface area (Å²) in [7, 11) is 3.42. The minimum Gasteiger partial charge on any atom is -0.322 e. The van der Waals surface area contributed by atoms with Gasteiger partial charge in [-0.3, -0.25) is 18.7 Å². The number of fused-ring (bicyclic) bond motifs is 1. The number of thioether (sulfide) groups is 1. The lowest BCUT2D eigenvalue weighted by Crippen LogP contribution is -2.19. The zero-order valence-corrected chi connectivity index (χ0v) is 18.9. The van der Waals surface area contributed by atoms with Gasteiger partial charge in [0.2, 0.25) is 0 Å². The van der Waals surface area contributed by atoms with E-state index in [0.717, 1.165) is 21.5 Å². The van der Waals surface area contributed by atoms with E-state index in [1.165, 1.54) is 11.8 Å². The molecule has 32 heavy (non-hydrogen) atoms. The Morgan fingerprint density at radius 2 is 1.59 bits per heavy atom. The number of nitrogens with zero attached hydrogens (tertiary/aromatic N) is 2. The van der Waals surface area contributed by atoms with Gasteiger partial charge in [0, 0.05) is 35.8 Å². The van der Waals surface area contributed by atoms with Crippen molar-refractivity contribution >= 4 is 40.2 Å². The number of carbonyl (C=O) groups excluding carboxylic acids is 2. The van der Waals surface area contributed by atoms with Crippen LogP contribution in [0.1, 0.15) is 26.3 Å². The summed E-state index contributed by atoms with van der Waals surface area (Å²) in [4.78, 5) is 38.1. The number of amides is 1. The standard InChI is InChI=1S/C25H23N3O3S/c1-16-5-4-6-18(13-16)24(30)26-19-8-10-20(11-9-19)32-15-23(29)17-7-12-21-22(14-17)28(3)25(31)27(21)2/h4-14H,15H2,1-3H3,(H,26,30). The van der Waals surface area contributed by atoms with E-state index >= 15 is 0 Å². The lowest BCUT2D eigenvalue weighted by atomic mass is 10.1. The van der Waals surface area contributed by atoms with Crippen molar-refractivity contribution in [2.75, 3.05) is 11.1 Å². The summed E-state index contributed by atoms with van der Waals surface area (Å²) >= 11 is 1.43. The summed E-state index contributed by atoms with van der Waals surface area (Å²) in [6, 6.07) is 20.2. The highest BCUT2D eigenvalue weighted by atomic mass is 32.2. The van der Waals surface area contributed by atoms with Gasteiger partial charge in [0.05, 0.1) is 16.8 Å². The molecule has 162 valence electrons. The predicted octanol–water partition coefficient (Wildman–Crippen LogP) is 4.41. The first-order valence-corrected chi connectivity index (χ1v) is 11.1. The van der Waals surface area contributed by atoms with Gasteiger partial charge in [-0.15, -0.1) is 11.8 Å². The van der Waals surface area contributed by atoms with Crippen LogP contribution in [-0.2, 0) is 14.1 Å². The molecule has 0 saturated heterocycles. The molecule has 3 aromatic carbocycles. The van der Waals surface area contributed by atoms with Crippen LogP contribution >= 0.6 is 11.8 Å². The highest BCUT2D eigenvalue weighted by molar-refractivity contribution is 8.00. The van der Waals surface area contributed by atoms with E-state index in [1.54, 1.807) is 47.5 Å². The zero-order chi connectivity index (χ0) is 22.8. The molecule has 0 radical (unpaired) electrons. The summed E-state index contributed by atoms with van der Waals surface area (Å²) in [6.07, 6.45) is 0. The summed E-state index contributed by atoms with van der Waals surface area (Å²) in [5.74, 6) is 0.112. The van der Waals surface area contributed by atoms with Gasteiger partial charge in [0.25, 0.3) is 5.91 Å². The molecule has 0 spiro atoms. The molecule has 0 aliphatic heterocycles. The molecule has 6 nitrogen and oxygen atoms in total. The molecule has 0 unspecified atom stereocenters. The Balaban J connectivity index is 1.39. The maximum atomic E-state index is 12.7. The van der Waals surface area contributed by atoms with Crippen molar-refractivity contribution in [3.8, 4) is 0 Å². The second-order valence-corrected chi connectivity index (χ2v) is 8.71. The number of hydrogen-bond donors (Lipinski definition) is 1. The summed E-state index contributed by atoms with van der Waals surface area (Å²) in [5, 5.41) is 2.89. The first kappa shape index (κ1) is 21.6. The van der Waals surface area contributed by atoms with Gasteiger partial charge in [-0.25, -0.2) is 4.79 Å². The van der Waals surface area contributed by atoms with Gasteiger partial charge in [-0.05, 0) is 61.5 Å². The Bertz CT molecular complexity index is 1380. The van der Waals surface area contributed by atoms with Crippen LogP contribution in [0.2, 0.25) is 0 Å². The summed E-state index contributed by atoms with van der Waals surface area (Å²) in [6.45, 7) is 1.95. The zero-order valence-electron chi connectivity index (χ0n) is 18.1. The average molecular weight is 446 g/mol. The van der Waals surface area contributed by atoms with Crippen LogP contribution in [0.4, 0.5) is 5.69 Å². The number of carbonyl (C=O) groups is 2. The van der Waals surface area contributed by atoms with E-state index in [9.17, 15) is 14.4 Å². The molecule has 1 amide bonds. The smallest absolute Gasteiger partial charge is 0.322 e. The van der Waals surface area contributed by atoms with Gasteiger partial charge < -0.3 is 5.32 Å². The first-order valence-electron chi connectivity index (χ1n) is 10.1. The second-order valence-electron chi connectivity index (χ2n) is 7.66. The summed E-state index contributed by atoms with van der Waals surface area (Å²) in [5.41, 5.74) is 4.33. The molecule has 0 aliphatic carbocycles. The Kier molecular flexibility index (Phi) is 6.01. The van der Waals surface area contributed by atoms with E-state index in [0.29, 0.717) is 16.8 Å². The van der Waals surface area contributed by atoms with Crippen molar-refractivity contribution in [1.82, 2.24) is 9.13 Å². The number of imidazole rings is 1. The van der Waals surface area contributed by atoms with Crippen molar-refractivity contribution in [1.29, 1.82) is 0 Å². The number of rotatable bonds is 6. The van der Waals surface area contributed by atoms with Crippen LogP contribution in [0.15, 0.2) is 76.4 Å². The quantitative estimate of drug-likeness (QED) is 0.352. The van der Waals surface area contributed by atoms with E-state index < -0.39 is 0 Å². The van der Waals surface area contributed by atoms with Crippen molar-refractivity contribution in [3.05, 3.63) is 93.9 Å². The number of benzene rings is 3. The SMILES string of the molecule is Cc1cccc(C(=O)Nc2ccc(SCC(=O)c3ccc4c(c3)n(C)c(=O)n4C)cc2)c1. The topological polar surface area (TPSA) is 73.1 Å². The molecule has 0 bridgehead atoms. The van der Waals surface area contributed by atoms with Crippen molar-refractivity contribution < 1.29 is 9.59 Å². The molecular formula is C25H23N3O3S. The van der Waals surface area contributed by atoms with Crippen molar-refractivity contribution in [2.24, 2.45) is 14.1 Å². The predicted molar refractivity (Wildman–Crippen MR) is 129 cm³/mol. The van der Waals surface area contributed by atoms with E-state index in [1.807, 2.05) is 49.4 Å². The molecule has 1 aromatic heterocycles. The molecule has 0 atom stereocenters. The molecule has 4 aromatic rings. The minimum atomic E-state index is -0.157. The Hall–Kier alpha value is -3.58. The number of ketones is 1. The lowest BCUT2D eigenvalue weighted by molar-refractivity contribution is 0.101. The van der Waals surface area contributed by atoms with Gasteiger partial charge in [0.1, 0.15) is 0 Å². The van der Waals surface area contributed by atoms with E-state index in [2.05, 4.69) is 5.32 Å². The maximum Gasteiger partial charge on any atom is 0.328 e. The van der Waals surface area contributed by atoms with Crippen LogP contribution < -0.4 is 11.0 Å². The van der Waals surface area contributed by atoms with Crippen LogP contribution in [0.25, 0.3) is 11.0 Å². The molecule has 0 saturated carbocycles. The third kappa shape index (κ3) is 4.38. The molecule has 1 heterocycles. The number of anilines is 1. The summed E-state index contributed by atoms with van der Waals surface area (Å²) < 4.78 is 3.11. The molecule has 7 heteroatoms. The highest BCUT2D eigenvalue weighted by Gasteiger charge is 2.13. The lowest BCUT2D eigenvalue weighted by Gasteiger charge is -2.07. The van der Waals surface area contributed by atoms with Gasteiger partial charge in [0.15, 0.2) is 5.78 Å². The number of nitrogens with one attached hydrogen (secondary N) is 1. The van der Waals surface area contributed by atoms with Crippen LogP contribution in [0, 0.1) is 6.92 Å². The first-order chi connectivity index (χ1) is 15.3. The monoisotopic (exact) mass is 445 g/mol. The molecule has 1 N–H and O–H groups in total. The fourth-order valence-electron chi connectivity index (χ4n) is 3.54. The van der Waals surface area contributed by atoms with Crippen LogP contribution in [0.3, 0.4) is 0 Å². The number of Topliss-reactive ketones (excluding diaryl/α,β-unsaturated/α-hetero) is 1. The number of hydrogen-bond acceptors (Lipinski definition) is 4. The van der Waals surface area contributed by atoms with Crippen LogP contribution in [-0.4, -0.2) is 26.6 Å².